The number of amides is 1. The van der Waals surface area contributed by atoms with E-state index in [2.05, 4.69) is 39.5 Å². The predicted octanol–water partition coefficient (Wildman–Crippen LogP) is 3.38. The topological polar surface area (TPSA) is 80.1 Å². The van der Waals surface area contributed by atoms with Gasteiger partial charge >= 0.3 is 0 Å². The molecule has 1 aliphatic rings. The van der Waals surface area contributed by atoms with Gasteiger partial charge in [-0.15, -0.1) is 0 Å². The number of pyridine rings is 2. The molecule has 1 saturated heterocycles. The van der Waals surface area contributed by atoms with Crippen LogP contribution in [0.3, 0.4) is 0 Å². The molecule has 5 rings (SSSR count). The molecule has 1 N–H and O–H groups in total. The number of rotatable bonds is 6. The number of hydrogen-bond acceptors (Lipinski definition) is 5. The van der Waals surface area contributed by atoms with Crippen LogP contribution in [-0.4, -0.2) is 43.4 Å². The average molecular weight is 446 g/mol. The first-order chi connectivity index (χ1) is 15.6. The molecule has 8 heteroatoms. The van der Waals surface area contributed by atoms with Crippen LogP contribution in [-0.2, 0) is 17.5 Å². The Bertz CT molecular complexity index is 1310. The summed E-state index contributed by atoms with van der Waals surface area (Å²) in [6.07, 6.45) is 7.79. The quantitative estimate of drug-likeness (QED) is 0.492. The van der Waals surface area contributed by atoms with E-state index in [1.807, 2.05) is 18.2 Å². The molecule has 0 saturated carbocycles. The Hall–Kier alpha value is -3.52. The van der Waals surface area contributed by atoms with Gasteiger partial charge in [-0.05, 0) is 42.8 Å². The molecular formula is C24H23N5O2S. The van der Waals surface area contributed by atoms with Crippen molar-refractivity contribution in [1.82, 2.24) is 19.3 Å². The van der Waals surface area contributed by atoms with Crippen LogP contribution in [0.15, 0.2) is 67.1 Å². The second-order valence-electron chi connectivity index (χ2n) is 7.82. The van der Waals surface area contributed by atoms with Gasteiger partial charge in [-0.25, -0.2) is 9.19 Å². The van der Waals surface area contributed by atoms with Gasteiger partial charge in [0.2, 0.25) is 0 Å². The third-order valence-corrected chi connectivity index (χ3v) is 6.49. The Labute approximate surface area is 188 Å². The lowest BCUT2D eigenvalue weighted by atomic mass is 10.1. The van der Waals surface area contributed by atoms with Crippen molar-refractivity contribution < 1.29 is 9.00 Å². The molecule has 32 heavy (non-hydrogen) atoms. The molecule has 0 radical (unpaired) electrons. The molecule has 0 bridgehead atoms. The molecule has 3 aromatic heterocycles. The number of nitrogens with one attached hydrogen (secondary N) is 1. The zero-order valence-corrected chi connectivity index (χ0v) is 18.5. The number of benzene rings is 1. The molecule has 1 aromatic carbocycles. The molecule has 0 spiro atoms. The van der Waals surface area contributed by atoms with Gasteiger partial charge in [0.1, 0.15) is 11.0 Å². The van der Waals surface area contributed by atoms with Crippen LogP contribution < -0.4 is 10.2 Å². The van der Waals surface area contributed by atoms with Crippen molar-refractivity contribution in [2.24, 2.45) is 0 Å². The summed E-state index contributed by atoms with van der Waals surface area (Å²) in [6, 6.07) is 16.1. The Balaban J connectivity index is 1.31. The molecule has 1 atom stereocenters. The normalized spacial score (nSPS) is 14.2. The Morgan fingerprint density at radius 2 is 1.94 bits per heavy atom. The fourth-order valence-electron chi connectivity index (χ4n) is 3.68. The summed E-state index contributed by atoms with van der Waals surface area (Å²) in [5.74, 6) is -0.236. The molecule has 1 unspecified atom stereocenters. The molecule has 162 valence electrons. The fourth-order valence-corrected chi connectivity index (χ4v) is 4.17. The molecule has 0 aliphatic carbocycles. The Kier molecular flexibility index (Phi) is 5.45. The van der Waals surface area contributed by atoms with Crippen molar-refractivity contribution >= 4 is 33.5 Å². The first kappa shape index (κ1) is 20.4. The number of nitrogens with zero attached hydrogens (tertiary/aromatic N) is 4. The first-order valence-corrected chi connectivity index (χ1v) is 12.0. The van der Waals surface area contributed by atoms with Crippen molar-refractivity contribution in [2.45, 2.75) is 13.0 Å². The third kappa shape index (κ3) is 4.13. The third-order valence-electron chi connectivity index (χ3n) is 5.67. The SMILES string of the molecule is CS(=O)n1ccc(C(=O)NCc2cc3nc(-c4ccc(N5CCC5)cc4)ccc3cn2)c1. The van der Waals surface area contributed by atoms with Crippen LogP contribution in [0.2, 0.25) is 0 Å². The second kappa shape index (κ2) is 8.55. The summed E-state index contributed by atoms with van der Waals surface area (Å²) in [5, 5.41) is 3.81. The van der Waals surface area contributed by atoms with Gasteiger partial charge in [-0.2, -0.15) is 0 Å². The van der Waals surface area contributed by atoms with E-state index < -0.39 is 11.0 Å². The zero-order valence-electron chi connectivity index (χ0n) is 17.7. The Morgan fingerprint density at radius 1 is 1.12 bits per heavy atom. The molecule has 4 aromatic rings. The van der Waals surface area contributed by atoms with Crippen molar-refractivity contribution in [3.8, 4) is 11.3 Å². The van der Waals surface area contributed by atoms with Gasteiger partial charge in [0, 0.05) is 54.6 Å². The van der Waals surface area contributed by atoms with Crippen LogP contribution >= 0.6 is 0 Å². The predicted molar refractivity (Wildman–Crippen MR) is 127 cm³/mol. The molecule has 1 amide bonds. The van der Waals surface area contributed by atoms with Crippen LogP contribution in [0, 0.1) is 0 Å². The number of hydrogen-bond donors (Lipinski definition) is 1. The average Bonchev–Trinajstić information content (AvgIpc) is 3.27. The maximum Gasteiger partial charge on any atom is 0.253 e. The van der Waals surface area contributed by atoms with E-state index in [-0.39, 0.29) is 12.5 Å². The summed E-state index contributed by atoms with van der Waals surface area (Å²) in [4.78, 5) is 24.0. The maximum absolute atomic E-state index is 12.4. The van der Waals surface area contributed by atoms with E-state index in [1.165, 1.54) is 16.1 Å². The standard InChI is InChI=1S/C24H23N5O2S/c1-32(31)29-12-9-19(16-29)24(30)26-15-20-13-23-18(14-25-20)5-8-22(27-23)17-3-6-21(7-4-17)28-10-2-11-28/h3-9,12-14,16H,2,10-11,15H2,1H3,(H,26,30). The van der Waals surface area contributed by atoms with Gasteiger partial charge in [0.15, 0.2) is 0 Å². The molecular weight excluding hydrogens is 422 g/mol. The second-order valence-corrected chi connectivity index (χ2v) is 9.09. The minimum Gasteiger partial charge on any atom is -0.371 e. The number of anilines is 1. The van der Waals surface area contributed by atoms with Gasteiger partial charge in [0.05, 0.1) is 29.0 Å². The largest absolute Gasteiger partial charge is 0.371 e. The van der Waals surface area contributed by atoms with Gasteiger partial charge in [0.25, 0.3) is 5.91 Å². The lowest BCUT2D eigenvalue weighted by molar-refractivity contribution is 0.0950. The first-order valence-electron chi connectivity index (χ1n) is 10.5. The summed E-state index contributed by atoms with van der Waals surface area (Å²) in [6.45, 7) is 2.54. The highest BCUT2D eigenvalue weighted by atomic mass is 32.2. The van der Waals surface area contributed by atoms with Gasteiger partial charge in [-0.1, -0.05) is 12.1 Å². The number of aromatic nitrogens is 3. The fraction of sp³-hybridized carbons (Fsp3) is 0.208. The lowest BCUT2D eigenvalue weighted by Gasteiger charge is -2.33. The highest BCUT2D eigenvalue weighted by molar-refractivity contribution is 7.82. The number of carbonyl (C=O) groups is 1. The molecule has 1 fully saturated rings. The maximum atomic E-state index is 12.4. The van der Waals surface area contributed by atoms with Gasteiger partial charge < -0.3 is 10.2 Å². The summed E-state index contributed by atoms with van der Waals surface area (Å²) in [5.41, 5.74) is 5.25. The zero-order chi connectivity index (χ0) is 22.1. The van der Waals surface area contributed by atoms with E-state index >= 15 is 0 Å². The summed E-state index contributed by atoms with van der Waals surface area (Å²) >= 11 is 0. The van der Waals surface area contributed by atoms with E-state index in [9.17, 15) is 9.00 Å². The van der Waals surface area contributed by atoms with E-state index in [0.717, 1.165) is 40.9 Å². The van der Waals surface area contributed by atoms with E-state index in [4.69, 9.17) is 4.98 Å². The van der Waals surface area contributed by atoms with Crippen molar-refractivity contribution in [1.29, 1.82) is 0 Å². The summed E-state index contributed by atoms with van der Waals surface area (Å²) < 4.78 is 13.0. The van der Waals surface area contributed by atoms with Gasteiger partial charge in [-0.3, -0.25) is 13.8 Å². The minimum atomic E-state index is -1.19. The number of fused-ring (bicyclic) bond motifs is 1. The summed E-state index contributed by atoms with van der Waals surface area (Å²) in [7, 11) is -1.19. The van der Waals surface area contributed by atoms with Crippen LogP contribution in [0.4, 0.5) is 5.69 Å². The van der Waals surface area contributed by atoms with E-state index in [1.54, 1.807) is 30.9 Å². The van der Waals surface area contributed by atoms with Crippen molar-refractivity contribution in [3.05, 3.63) is 78.4 Å². The molecule has 1 aliphatic heterocycles. The molecule has 7 nitrogen and oxygen atoms in total. The number of carbonyl (C=O) groups excluding carboxylic acids is 1. The smallest absolute Gasteiger partial charge is 0.253 e. The highest BCUT2D eigenvalue weighted by Gasteiger charge is 2.14. The van der Waals surface area contributed by atoms with Crippen molar-refractivity contribution in [3.63, 3.8) is 0 Å². The van der Waals surface area contributed by atoms with E-state index in [0.29, 0.717) is 5.56 Å². The molecule has 4 heterocycles. The van der Waals surface area contributed by atoms with Crippen LogP contribution in [0.25, 0.3) is 22.2 Å². The minimum absolute atomic E-state index is 0.236. The monoisotopic (exact) mass is 445 g/mol. The van der Waals surface area contributed by atoms with Crippen molar-refractivity contribution in [2.75, 3.05) is 24.2 Å². The highest BCUT2D eigenvalue weighted by Crippen LogP contribution is 2.26. The van der Waals surface area contributed by atoms with Crippen LogP contribution in [0.1, 0.15) is 22.5 Å². The lowest BCUT2D eigenvalue weighted by Crippen LogP contribution is -2.36. The Morgan fingerprint density at radius 3 is 2.62 bits per heavy atom. The van der Waals surface area contributed by atoms with Crippen LogP contribution in [0.5, 0.6) is 0 Å².